The second-order valence-electron chi connectivity index (χ2n) is 5.75. The molecule has 0 aliphatic heterocycles. The van der Waals surface area contributed by atoms with Crippen molar-refractivity contribution in [1.29, 1.82) is 0 Å². The van der Waals surface area contributed by atoms with E-state index in [0.29, 0.717) is 0 Å². The molecule has 2 aromatic rings. The molecule has 0 aliphatic carbocycles. The zero-order chi connectivity index (χ0) is 19.8. The number of urea groups is 1. The Morgan fingerprint density at radius 1 is 0.963 bits per heavy atom. The summed E-state index contributed by atoms with van der Waals surface area (Å²) < 4.78 is 29.0. The number of imide groups is 1. The zero-order valence-electron chi connectivity index (χ0n) is 14.9. The lowest BCUT2D eigenvalue weighted by Crippen LogP contribution is -2.48. The molecule has 2 atom stereocenters. The van der Waals surface area contributed by atoms with E-state index in [1.165, 1.54) is 19.2 Å². The topological polar surface area (TPSA) is 79.5 Å². The first-order valence-electron chi connectivity index (χ1n) is 8.29. The maximum absolute atomic E-state index is 12.3. The second-order valence-corrected chi connectivity index (χ2v) is 5.75. The summed E-state index contributed by atoms with van der Waals surface area (Å²) in [5.41, 5.74) is 1.63. The van der Waals surface area contributed by atoms with Gasteiger partial charge >= 0.3 is 12.6 Å². The molecule has 3 amide bonds. The van der Waals surface area contributed by atoms with Gasteiger partial charge in [-0.25, -0.2) is 4.79 Å². The number of ether oxygens (including phenoxy) is 1. The molecule has 27 heavy (non-hydrogen) atoms. The van der Waals surface area contributed by atoms with Gasteiger partial charge in [-0.3, -0.25) is 15.4 Å². The molecular weight excluding hydrogens is 356 g/mol. The first kappa shape index (κ1) is 20.3. The zero-order valence-corrected chi connectivity index (χ0v) is 14.9. The van der Waals surface area contributed by atoms with Crippen molar-refractivity contribution in [3.8, 4) is 5.75 Å². The van der Waals surface area contributed by atoms with Gasteiger partial charge in [0.2, 0.25) is 5.91 Å². The van der Waals surface area contributed by atoms with Gasteiger partial charge < -0.3 is 10.1 Å². The predicted molar refractivity (Wildman–Crippen MR) is 96.6 cm³/mol. The van der Waals surface area contributed by atoms with Gasteiger partial charge in [0.1, 0.15) is 5.75 Å². The van der Waals surface area contributed by atoms with E-state index in [-0.39, 0.29) is 5.75 Å². The summed E-state index contributed by atoms with van der Waals surface area (Å²) in [7, 11) is 1.41. The van der Waals surface area contributed by atoms with E-state index in [9.17, 15) is 18.4 Å². The van der Waals surface area contributed by atoms with Gasteiger partial charge in [-0.2, -0.15) is 8.78 Å². The van der Waals surface area contributed by atoms with Crippen LogP contribution < -0.4 is 20.7 Å². The lowest BCUT2D eigenvalue weighted by molar-refractivity contribution is -0.121. The molecular formula is C19H21F2N3O3. The summed E-state index contributed by atoms with van der Waals surface area (Å²) in [5.74, 6) is -0.445. The Labute approximate surface area is 155 Å². The molecule has 0 heterocycles. The molecule has 0 spiro atoms. The lowest BCUT2D eigenvalue weighted by atomic mass is 9.97. The highest BCUT2D eigenvalue weighted by molar-refractivity contribution is 5.96. The fraction of sp³-hybridized carbons (Fsp3) is 0.263. The highest BCUT2D eigenvalue weighted by atomic mass is 19.3. The molecule has 0 aromatic heterocycles. The average Bonchev–Trinajstić information content (AvgIpc) is 2.66. The molecule has 0 aliphatic rings. The first-order valence-corrected chi connectivity index (χ1v) is 8.29. The summed E-state index contributed by atoms with van der Waals surface area (Å²) in [6.07, 6.45) is 0. The van der Waals surface area contributed by atoms with Gasteiger partial charge in [-0.1, -0.05) is 42.5 Å². The van der Waals surface area contributed by atoms with Gasteiger partial charge in [0.05, 0.1) is 12.1 Å². The summed E-state index contributed by atoms with van der Waals surface area (Å²) in [4.78, 5) is 23.5. The van der Waals surface area contributed by atoms with E-state index in [2.05, 4.69) is 20.7 Å². The minimum atomic E-state index is -2.90. The Balaban J connectivity index is 2.22. The molecule has 0 saturated carbocycles. The van der Waals surface area contributed by atoms with Crippen molar-refractivity contribution in [3.05, 3.63) is 65.7 Å². The molecule has 0 radical (unpaired) electrons. The fourth-order valence-corrected chi connectivity index (χ4v) is 2.48. The van der Waals surface area contributed by atoms with Crippen LogP contribution in [0.25, 0.3) is 0 Å². The third kappa shape index (κ3) is 6.03. The number of rotatable bonds is 7. The van der Waals surface area contributed by atoms with Crippen LogP contribution in [0, 0.1) is 0 Å². The van der Waals surface area contributed by atoms with Crippen molar-refractivity contribution in [2.45, 2.75) is 25.6 Å². The number of alkyl halides is 2. The number of halogens is 2. The van der Waals surface area contributed by atoms with Gasteiger partial charge in [0.15, 0.2) is 0 Å². The average molecular weight is 377 g/mol. The van der Waals surface area contributed by atoms with Crippen LogP contribution in [-0.4, -0.2) is 31.6 Å². The van der Waals surface area contributed by atoms with Gasteiger partial charge in [-0.15, -0.1) is 0 Å². The molecule has 0 fully saturated rings. The summed E-state index contributed by atoms with van der Waals surface area (Å²) in [5, 5.41) is 7.69. The van der Waals surface area contributed by atoms with Crippen LogP contribution in [0.5, 0.6) is 5.75 Å². The molecule has 0 saturated heterocycles. The number of benzene rings is 2. The minimum absolute atomic E-state index is 0.0472. The molecule has 3 N–H and O–H groups in total. The number of hydrogen-bond donors (Lipinski definition) is 3. The van der Waals surface area contributed by atoms with Crippen LogP contribution in [-0.2, 0) is 4.79 Å². The van der Waals surface area contributed by atoms with E-state index in [0.717, 1.165) is 11.1 Å². The smallest absolute Gasteiger partial charge is 0.387 e. The van der Waals surface area contributed by atoms with Crippen molar-refractivity contribution in [1.82, 2.24) is 16.0 Å². The predicted octanol–water partition coefficient (Wildman–Crippen LogP) is 2.81. The molecule has 6 nitrogen and oxygen atoms in total. The van der Waals surface area contributed by atoms with Crippen molar-refractivity contribution in [2.75, 3.05) is 7.05 Å². The maximum atomic E-state index is 12.3. The summed E-state index contributed by atoms with van der Waals surface area (Å²) in [6.45, 7) is -1.27. The molecule has 2 aromatic carbocycles. The van der Waals surface area contributed by atoms with E-state index >= 15 is 0 Å². The number of carbonyl (C=O) groups is 2. The van der Waals surface area contributed by atoms with Crippen molar-refractivity contribution in [3.63, 3.8) is 0 Å². The van der Waals surface area contributed by atoms with Crippen LogP contribution in [0.15, 0.2) is 54.6 Å². The Kier molecular flexibility index (Phi) is 7.25. The Bertz CT molecular complexity index is 755. The number of nitrogens with one attached hydrogen (secondary N) is 3. The van der Waals surface area contributed by atoms with Crippen molar-refractivity contribution >= 4 is 11.9 Å². The van der Waals surface area contributed by atoms with E-state index in [1.807, 2.05) is 30.3 Å². The van der Waals surface area contributed by atoms with Crippen molar-refractivity contribution in [2.24, 2.45) is 0 Å². The normalized spacial score (nSPS) is 12.9. The Morgan fingerprint density at radius 2 is 1.56 bits per heavy atom. The van der Waals surface area contributed by atoms with E-state index < -0.39 is 30.6 Å². The monoisotopic (exact) mass is 377 g/mol. The van der Waals surface area contributed by atoms with Crippen molar-refractivity contribution < 1.29 is 23.1 Å². The van der Waals surface area contributed by atoms with Gasteiger partial charge in [-0.05, 0) is 30.2 Å². The molecule has 8 heteroatoms. The quantitative estimate of drug-likeness (QED) is 0.693. The molecule has 2 rings (SSSR count). The van der Waals surface area contributed by atoms with Crippen LogP contribution in [0.2, 0.25) is 0 Å². The Morgan fingerprint density at radius 3 is 2.11 bits per heavy atom. The standard InChI is InChI=1S/C19H21F2N3O3/c1-12(17(25)24-19(26)22-2)23-16(13-6-4-3-5-7-13)14-8-10-15(11-9-14)27-18(20)21/h3-12,16,18,23H,1-2H3,(H2,22,24,25,26)/t12-,16+/m1/s1. The largest absolute Gasteiger partial charge is 0.435 e. The van der Waals surface area contributed by atoms with Crippen LogP contribution >= 0.6 is 0 Å². The number of carbonyl (C=O) groups excluding carboxylic acids is 2. The molecule has 0 bridgehead atoms. The van der Waals surface area contributed by atoms with Crippen LogP contribution in [0.4, 0.5) is 13.6 Å². The van der Waals surface area contributed by atoms with E-state index in [1.54, 1.807) is 19.1 Å². The Hall–Kier alpha value is -3.00. The first-order chi connectivity index (χ1) is 12.9. The lowest BCUT2D eigenvalue weighted by Gasteiger charge is -2.24. The summed E-state index contributed by atoms with van der Waals surface area (Å²) in [6, 6.07) is 13.8. The third-order valence-corrected chi connectivity index (χ3v) is 3.85. The van der Waals surface area contributed by atoms with Crippen LogP contribution in [0.1, 0.15) is 24.1 Å². The fourth-order valence-electron chi connectivity index (χ4n) is 2.48. The highest BCUT2D eigenvalue weighted by Crippen LogP contribution is 2.25. The van der Waals surface area contributed by atoms with E-state index in [4.69, 9.17) is 0 Å². The summed E-state index contributed by atoms with van der Waals surface area (Å²) >= 11 is 0. The third-order valence-electron chi connectivity index (χ3n) is 3.85. The van der Waals surface area contributed by atoms with Crippen LogP contribution in [0.3, 0.4) is 0 Å². The molecule has 144 valence electrons. The maximum Gasteiger partial charge on any atom is 0.387 e. The van der Waals surface area contributed by atoms with Gasteiger partial charge in [0.25, 0.3) is 0 Å². The molecule has 0 unspecified atom stereocenters. The number of amides is 3. The highest BCUT2D eigenvalue weighted by Gasteiger charge is 2.22. The van der Waals surface area contributed by atoms with Gasteiger partial charge in [0, 0.05) is 7.05 Å². The second kappa shape index (κ2) is 9.63. The SMILES string of the molecule is CNC(=O)NC(=O)[C@@H](C)N[C@@H](c1ccccc1)c1ccc(OC(F)F)cc1. The minimum Gasteiger partial charge on any atom is -0.435 e. The number of hydrogen-bond acceptors (Lipinski definition) is 4.